The van der Waals surface area contributed by atoms with Gasteiger partial charge in [-0.1, -0.05) is 11.6 Å². The number of aliphatic hydroxyl groups is 1. The lowest BCUT2D eigenvalue weighted by Crippen LogP contribution is -2.06. The van der Waals surface area contributed by atoms with Crippen molar-refractivity contribution in [3.05, 3.63) is 28.5 Å². The van der Waals surface area contributed by atoms with E-state index in [1.54, 1.807) is 19.2 Å². The fraction of sp³-hybridized carbons (Fsp3) is 0.444. The zero-order valence-electron chi connectivity index (χ0n) is 7.50. The topological polar surface area (TPSA) is 59.1 Å². The first-order valence-corrected chi connectivity index (χ1v) is 4.52. The Morgan fingerprint density at radius 3 is 2.85 bits per heavy atom. The lowest BCUT2D eigenvalue weighted by molar-refractivity contribution is 0.195. The van der Waals surface area contributed by atoms with Crippen LogP contribution in [0.3, 0.4) is 0 Å². The molecule has 0 saturated heterocycles. The van der Waals surface area contributed by atoms with Crippen molar-refractivity contribution >= 4 is 11.6 Å². The van der Waals surface area contributed by atoms with Gasteiger partial charge in [-0.3, -0.25) is 4.98 Å². The number of rotatable bonds is 3. The number of halogens is 1. The van der Waals surface area contributed by atoms with Crippen molar-refractivity contribution in [3.63, 3.8) is 0 Å². The monoisotopic (exact) mass is 200 g/mol. The van der Waals surface area contributed by atoms with Gasteiger partial charge in [0.2, 0.25) is 0 Å². The van der Waals surface area contributed by atoms with Crippen LogP contribution >= 0.6 is 11.6 Å². The van der Waals surface area contributed by atoms with E-state index >= 15 is 0 Å². The average Bonchev–Trinajstić information content (AvgIpc) is 2.03. The molecule has 1 heterocycles. The Hall–Kier alpha value is -0.640. The largest absolute Gasteiger partial charge is 0.393 e. The lowest BCUT2D eigenvalue weighted by atomic mass is 10.1. The Morgan fingerprint density at radius 2 is 2.38 bits per heavy atom. The number of nitrogens with zero attached hydrogens (tertiary/aromatic N) is 1. The normalized spacial score (nSPS) is 12.9. The molecule has 0 aromatic carbocycles. The van der Waals surface area contributed by atoms with Gasteiger partial charge in [0.25, 0.3) is 0 Å². The van der Waals surface area contributed by atoms with E-state index in [-0.39, 0.29) is 6.10 Å². The molecule has 0 spiro atoms. The van der Waals surface area contributed by atoms with Gasteiger partial charge in [-0.2, -0.15) is 0 Å². The van der Waals surface area contributed by atoms with Crippen LogP contribution in [-0.2, 0) is 13.0 Å². The summed E-state index contributed by atoms with van der Waals surface area (Å²) in [4.78, 5) is 4.08. The smallest absolute Gasteiger partial charge is 0.0725 e. The highest BCUT2D eigenvalue weighted by Crippen LogP contribution is 2.15. The van der Waals surface area contributed by atoms with Gasteiger partial charge in [-0.15, -0.1) is 0 Å². The van der Waals surface area contributed by atoms with Crippen LogP contribution < -0.4 is 5.73 Å². The molecule has 3 nitrogen and oxygen atoms in total. The number of aliphatic hydroxyl groups excluding tert-OH is 1. The number of nitrogens with two attached hydrogens (primary N) is 1. The van der Waals surface area contributed by atoms with Crippen molar-refractivity contribution in [1.29, 1.82) is 0 Å². The van der Waals surface area contributed by atoms with Crippen LogP contribution in [-0.4, -0.2) is 16.2 Å². The maximum absolute atomic E-state index is 9.13. The predicted octanol–water partition coefficient (Wildman–Crippen LogP) is 1.12. The van der Waals surface area contributed by atoms with Gasteiger partial charge in [0.05, 0.1) is 16.8 Å². The first kappa shape index (κ1) is 10.4. The molecular weight excluding hydrogens is 188 g/mol. The Kier molecular flexibility index (Phi) is 3.66. The zero-order chi connectivity index (χ0) is 9.84. The molecule has 0 saturated carbocycles. The van der Waals surface area contributed by atoms with E-state index in [1.165, 1.54) is 0 Å². The van der Waals surface area contributed by atoms with E-state index in [4.69, 9.17) is 22.4 Å². The highest BCUT2D eigenvalue weighted by Gasteiger charge is 2.03. The van der Waals surface area contributed by atoms with Crippen molar-refractivity contribution in [2.24, 2.45) is 5.73 Å². The molecule has 0 fully saturated rings. The van der Waals surface area contributed by atoms with Crippen molar-refractivity contribution in [2.75, 3.05) is 0 Å². The Balaban J connectivity index is 2.83. The van der Waals surface area contributed by atoms with Gasteiger partial charge in [-0.05, 0) is 25.0 Å². The van der Waals surface area contributed by atoms with Crippen molar-refractivity contribution in [3.8, 4) is 0 Å². The van der Waals surface area contributed by atoms with E-state index in [2.05, 4.69) is 4.98 Å². The quantitative estimate of drug-likeness (QED) is 0.769. The Morgan fingerprint density at radius 1 is 1.69 bits per heavy atom. The molecule has 72 valence electrons. The second-order valence-corrected chi connectivity index (χ2v) is 3.44. The van der Waals surface area contributed by atoms with Gasteiger partial charge in [-0.25, -0.2) is 0 Å². The standard InChI is InChI=1S/C9H13ClN2O/c1-6(13)2-7-3-8(10)9(4-11)12-5-7/h3,5-6,13H,2,4,11H2,1H3. The van der Waals surface area contributed by atoms with Crippen LogP contribution in [0.5, 0.6) is 0 Å². The maximum atomic E-state index is 9.13. The Bertz CT molecular complexity index is 289. The van der Waals surface area contributed by atoms with Crippen LogP contribution in [0.1, 0.15) is 18.2 Å². The maximum Gasteiger partial charge on any atom is 0.0725 e. The molecular formula is C9H13ClN2O. The summed E-state index contributed by atoms with van der Waals surface area (Å²) in [5.74, 6) is 0. The molecule has 0 amide bonds. The molecule has 1 rings (SSSR count). The molecule has 0 aliphatic heterocycles. The summed E-state index contributed by atoms with van der Waals surface area (Å²) in [6.45, 7) is 2.07. The first-order valence-electron chi connectivity index (χ1n) is 4.15. The fourth-order valence-corrected chi connectivity index (χ4v) is 1.37. The molecule has 0 aliphatic carbocycles. The molecule has 13 heavy (non-hydrogen) atoms. The summed E-state index contributed by atoms with van der Waals surface area (Å²) in [6, 6.07) is 1.80. The minimum Gasteiger partial charge on any atom is -0.393 e. The predicted molar refractivity (Wildman–Crippen MR) is 52.5 cm³/mol. The molecule has 1 aromatic heterocycles. The van der Waals surface area contributed by atoms with Crippen LogP contribution in [0.2, 0.25) is 5.02 Å². The van der Waals surface area contributed by atoms with Gasteiger partial charge in [0, 0.05) is 12.7 Å². The van der Waals surface area contributed by atoms with Crippen LogP contribution in [0, 0.1) is 0 Å². The second kappa shape index (κ2) is 4.56. The summed E-state index contributed by atoms with van der Waals surface area (Å²) < 4.78 is 0. The van der Waals surface area contributed by atoms with Gasteiger partial charge >= 0.3 is 0 Å². The van der Waals surface area contributed by atoms with E-state index in [9.17, 15) is 0 Å². The zero-order valence-corrected chi connectivity index (χ0v) is 8.25. The molecule has 3 N–H and O–H groups in total. The molecule has 1 unspecified atom stereocenters. The third-order valence-corrected chi connectivity index (χ3v) is 2.03. The summed E-state index contributed by atoms with van der Waals surface area (Å²) in [5.41, 5.74) is 7.02. The highest BCUT2D eigenvalue weighted by molar-refractivity contribution is 6.31. The molecule has 0 radical (unpaired) electrons. The van der Waals surface area contributed by atoms with Crippen LogP contribution in [0.25, 0.3) is 0 Å². The minimum absolute atomic E-state index is 0.341. The fourth-order valence-electron chi connectivity index (χ4n) is 1.11. The lowest BCUT2D eigenvalue weighted by Gasteiger charge is -2.06. The average molecular weight is 201 g/mol. The third kappa shape index (κ3) is 2.95. The summed E-state index contributed by atoms with van der Waals surface area (Å²) in [5, 5.41) is 9.70. The molecule has 0 aliphatic rings. The molecule has 1 aromatic rings. The summed E-state index contributed by atoms with van der Waals surface area (Å²) in [6.07, 6.45) is 1.89. The van der Waals surface area contributed by atoms with Gasteiger partial charge < -0.3 is 10.8 Å². The molecule has 1 atom stereocenters. The second-order valence-electron chi connectivity index (χ2n) is 3.03. The summed E-state index contributed by atoms with van der Waals surface area (Å²) in [7, 11) is 0. The number of hydrogen-bond acceptors (Lipinski definition) is 3. The third-order valence-electron chi connectivity index (χ3n) is 1.70. The van der Waals surface area contributed by atoms with E-state index < -0.39 is 0 Å². The van der Waals surface area contributed by atoms with Crippen molar-refractivity contribution in [2.45, 2.75) is 26.0 Å². The SMILES string of the molecule is CC(O)Cc1cnc(CN)c(Cl)c1. The van der Waals surface area contributed by atoms with E-state index in [1.807, 2.05) is 0 Å². The van der Waals surface area contributed by atoms with Crippen LogP contribution in [0.4, 0.5) is 0 Å². The minimum atomic E-state index is -0.374. The van der Waals surface area contributed by atoms with E-state index in [0.717, 1.165) is 5.56 Å². The van der Waals surface area contributed by atoms with Gasteiger partial charge in [0.1, 0.15) is 0 Å². The molecule has 0 bridgehead atoms. The van der Waals surface area contributed by atoms with Gasteiger partial charge in [0.15, 0.2) is 0 Å². The van der Waals surface area contributed by atoms with Crippen LogP contribution in [0.15, 0.2) is 12.3 Å². The van der Waals surface area contributed by atoms with Crippen molar-refractivity contribution in [1.82, 2.24) is 4.98 Å². The summed E-state index contributed by atoms with van der Waals surface area (Å²) >= 11 is 5.89. The number of hydrogen-bond donors (Lipinski definition) is 2. The molecule has 4 heteroatoms. The van der Waals surface area contributed by atoms with Crippen molar-refractivity contribution < 1.29 is 5.11 Å². The van der Waals surface area contributed by atoms with E-state index in [0.29, 0.717) is 23.7 Å². The first-order chi connectivity index (χ1) is 6.13. The number of pyridine rings is 1. The number of aromatic nitrogens is 1. The highest BCUT2D eigenvalue weighted by atomic mass is 35.5. The Labute approximate surface area is 82.5 Å².